The predicted molar refractivity (Wildman–Crippen MR) is 114 cm³/mol. The molecular weight excluding hydrogens is 451 g/mol. The van der Waals surface area contributed by atoms with Crippen LogP contribution in [0, 0.1) is 0 Å². The van der Waals surface area contributed by atoms with Crippen LogP contribution < -0.4 is 10.6 Å². The lowest BCUT2D eigenvalue weighted by Gasteiger charge is -2.06. The Morgan fingerprint density at radius 2 is 1.97 bits per heavy atom. The van der Waals surface area contributed by atoms with Gasteiger partial charge in [-0.3, -0.25) is 9.59 Å². The van der Waals surface area contributed by atoms with E-state index < -0.39 is 12.6 Å². The molecule has 166 valence electrons. The van der Waals surface area contributed by atoms with Crippen molar-refractivity contribution in [3.8, 4) is 0 Å². The van der Waals surface area contributed by atoms with Crippen molar-refractivity contribution in [1.29, 1.82) is 0 Å². The lowest BCUT2D eigenvalue weighted by Crippen LogP contribution is -2.22. The zero-order valence-electron chi connectivity index (χ0n) is 16.3. The molecule has 6 nitrogen and oxygen atoms in total. The quantitative estimate of drug-likeness (QED) is 0.389. The van der Waals surface area contributed by atoms with E-state index in [2.05, 4.69) is 15.6 Å². The summed E-state index contributed by atoms with van der Waals surface area (Å²) < 4.78 is 43.3. The molecule has 3 aromatic rings. The molecule has 0 fully saturated rings. The molecule has 2 aromatic heterocycles. The molecular formula is C20H20F3N3O3S2. The first-order valence-corrected chi connectivity index (χ1v) is 11.3. The molecule has 2 amide bonds. The lowest BCUT2D eigenvalue weighted by atomic mass is 10.2. The summed E-state index contributed by atoms with van der Waals surface area (Å²) in [5.74, 6) is 0.196. The maximum Gasteiger partial charge on any atom is 0.389 e. The van der Waals surface area contributed by atoms with Gasteiger partial charge in [0.15, 0.2) is 4.34 Å². The molecule has 1 aromatic carbocycles. The molecule has 0 radical (unpaired) electrons. The first-order valence-electron chi connectivity index (χ1n) is 9.47. The first kappa shape index (κ1) is 23.1. The lowest BCUT2D eigenvalue weighted by molar-refractivity contribution is -0.129. The Morgan fingerprint density at radius 1 is 1.16 bits per heavy atom. The minimum atomic E-state index is -4.18. The van der Waals surface area contributed by atoms with Crippen LogP contribution in [0.4, 0.5) is 18.9 Å². The average Bonchev–Trinajstić information content (AvgIpc) is 3.34. The van der Waals surface area contributed by atoms with Crippen LogP contribution in [-0.2, 0) is 16.1 Å². The number of thiazole rings is 1. The first-order chi connectivity index (χ1) is 14.8. The molecule has 0 aliphatic carbocycles. The second-order valence-electron chi connectivity index (χ2n) is 6.63. The van der Waals surface area contributed by atoms with E-state index in [0.29, 0.717) is 34.3 Å². The molecule has 31 heavy (non-hydrogen) atoms. The fourth-order valence-electron chi connectivity index (χ4n) is 2.62. The van der Waals surface area contributed by atoms with E-state index in [4.69, 9.17) is 4.42 Å². The van der Waals surface area contributed by atoms with Gasteiger partial charge in [-0.1, -0.05) is 11.8 Å². The number of anilines is 1. The summed E-state index contributed by atoms with van der Waals surface area (Å²) in [5.41, 5.74) is 1.25. The second kappa shape index (κ2) is 10.7. The van der Waals surface area contributed by atoms with Crippen LogP contribution in [-0.4, -0.2) is 28.7 Å². The Morgan fingerprint density at radius 3 is 2.71 bits per heavy atom. The van der Waals surface area contributed by atoms with Crippen molar-refractivity contribution in [1.82, 2.24) is 10.3 Å². The number of nitrogens with zero attached hydrogens (tertiary/aromatic N) is 1. The highest BCUT2D eigenvalue weighted by atomic mass is 32.2. The number of aromatic nitrogens is 1. The van der Waals surface area contributed by atoms with Crippen LogP contribution in [0.1, 0.15) is 31.4 Å². The summed E-state index contributed by atoms with van der Waals surface area (Å²) in [6, 6.07) is 8.66. The van der Waals surface area contributed by atoms with Crippen molar-refractivity contribution in [2.45, 2.75) is 42.7 Å². The number of hydrogen-bond acceptors (Lipinski definition) is 6. The molecule has 2 heterocycles. The molecule has 11 heteroatoms. The minimum Gasteiger partial charge on any atom is -0.467 e. The van der Waals surface area contributed by atoms with Crippen molar-refractivity contribution >= 4 is 50.8 Å². The van der Waals surface area contributed by atoms with Crippen LogP contribution >= 0.6 is 23.1 Å². The van der Waals surface area contributed by atoms with Gasteiger partial charge in [0.2, 0.25) is 11.8 Å². The number of amides is 2. The number of halogens is 3. The minimum absolute atomic E-state index is 0.0813. The van der Waals surface area contributed by atoms with Crippen LogP contribution in [0.2, 0.25) is 0 Å². The van der Waals surface area contributed by atoms with Crippen molar-refractivity contribution in [2.24, 2.45) is 0 Å². The van der Waals surface area contributed by atoms with Gasteiger partial charge in [0, 0.05) is 24.3 Å². The number of rotatable bonds is 10. The van der Waals surface area contributed by atoms with E-state index in [9.17, 15) is 22.8 Å². The van der Waals surface area contributed by atoms with E-state index in [1.54, 1.807) is 30.3 Å². The standard InChI is InChI=1S/C20H20F3N3O3S2/c21-20(22,23)8-10-30-19-26-15-7-6-13(11-16(15)31-19)25-18(28)5-1-4-17(27)24-12-14-3-2-9-29-14/h2-3,6-7,9,11H,1,4-5,8,10,12H2,(H,24,27)(H,25,28). The SMILES string of the molecule is O=C(CCCC(=O)Nc1ccc2nc(SCCC(F)(F)F)sc2c1)NCc1ccco1. The Balaban J connectivity index is 1.41. The largest absolute Gasteiger partial charge is 0.467 e. The molecule has 0 saturated heterocycles. The van der Waals surface area contributed by atoms with Gasteiger partial charge in [0.1, 0.15) is 5.76 Å². The number of benzene rings is 1. The smallest absolute Gasteiger partial charge is 0.389 e. The summed E-state index contributed by atoms with van der Waals surface area (Å²) in [4.78, 5) is 28.2. The zero-order valence-corrected chi connectivity index (χ0v) is 18.0. The third kappa shape index (κ3) is 7.91. The summed E-state index contributed by atoms with van der Waals surface area (Å²) >= 11 is 2.35. The highest BCUT2D eigenvalue weighted by Gasteiger charge is 2.26. The van der Waals surface area contributed by atoms with Crippen LogP contribution in [0.25, 0.3) is 10.2 Å². The van der Waals surface area contributed by atoms with Gasteiger partial charge in [-0.15, -0.1) is 11.3 Å². The molecule has 0 saturated carbocycles. The van der Waals surface area contributed by atoms with Crippen molar-refractivity contribution in [3.63, 3.8) is 0 Å². The van der Waals surface area contributed by atoms with E-state index in [1.165, 1.54) is 17.6 Å². The fraction of sp³-hybridized carbons (Fsp3) is 0.350. The van der Waals surface area contributed by atoms with E-state index in [-0.39, 0.29) is 30.4 Å². The topological polar surface area (TPSA) is 84.2 Å². The highest BCUT2D eigenvalue weighted by molar-refractivity contribution is 8.01. The van der Waals surface area contributed by atoms with Gasteiger partial charge in [-0.2, -0.15) is 13.2 Å². The predicted octanol–water partition coefficient (Wildman–Crippen LogP) is 5.36. The number of hydrogen-bond donors (Lipinski definition) is 2. The molecule has 0 unspecified atom stereocenters. The number of thioether (sulfide) groups is 1. The molecule has 0 atom stereocenters. The number of carbonyl (C=O) groups is 2. The number of furan rings is 1. The Labute approximate surface area is 184 Å². The summed E-state index contributed by atoms with van der Waals surface area (Å²) in [6.45, 7) is 0.309. The monoisotopic (exact) mass is 471 g/mol. The molecule has 0 aliphatic heterocycles. The summed E-state index contributed by atoms with van der Waals surface area (Å²) in [6.07, 6.45) is -2.70. The Bertz CT molecular complexity index is 1020. The Kier molecular flexibility index (Phi) is 7.97. The van der Waals surface area contributed by atoms with Crippen molar-refractivity contribution < 1.29 is 27.2 Å². The van der Waals surface area contributed by atoms with E-state index in [0.717, 1.165) is 16.5 Å². The summed E-state index contributed by atoms with van der Waals surface area (Å²) in [7, 11) is 0. The molecule has 3 rings (SSSR count). The van der Waals surface area contributed by atoms with Gasteiger partial charge < -0.3 is 15.1 Å². The highest BCUT2D eigenvalue weighted by Crippen LogP contribution is 2.33. The van der Waals surface area contributed by atoms with Crippen LogP contribution in [0.5, 0.6) is 0 Å². The van der Waals surface area contributed by atoms with Gasteiger partial charge >= 0.3 is 6.18 Å². The van der Waals surface area contributed by atoms with Gasteiger partial charge in [-0.25, -0.2) is 4.98 Å². The number of fused-ring (bicyclic) bond motifs is 1. The van der Waals surface area contributed by atoms with Crippen LogP contribution in [0.3, 0.4) is 0 Å². The maximum atomic E-state index is 12.3. The molecule has 2 N–H and O–H groups in total. The molecule has 0 bridgehead atoms. The van der Waals surface area contributed by atoms with E-state index >= 15 is 0 Å². The third-order valence-corrected chi connectivity index (χ3v) is 6.27. The van der Waals surface area contributed by atoms with Gasteiger partial charge in [-0.05, 0) is 36.8 Å². The summed E-state index contributed by atoms with van der Waals surface area (Å²) in [5, 5.41) is 5.49. The Hall–Kier alpha value is -2.53. The number of carbonyl (C=O) groups excluding carboxylic acids is 2. The zero-order chi connectivity index (χ0) is 22.3. The van der Waals surface area contributed by atoms with Gasteiger partial charge in [0.05, 0.1) is 29.4 Å². The van der Waals surface area contributed by atoms with Gasteiger partial charge in [0.25, 0.3) is 0 Å². The van der Waals surface area contributed by atoms with Crippen LogP contribution in [0.15, 0.2) is 45.4 Å². The number of nitrogens with one attached hydrogen (secondary N) is 2. The van der Waals surface area contributed by atoms with Crippen molar-refractivity contribution in [2.75, 3.05) is 11.1 Å². The third-order valence-electron chi connectivity index (χ3n) is 4.11. The second-order valence-corrected chi connectivity index (χ2v) is 9.01. The fourth-order valence-corrected chi connectivity index (χ4v) is 4.78. The molecule has 0 spiro atoms. The normalized spacial score (nSPS) is 11.6. The maximum absolute atomic E-state index is 12.3. The number of alkyl halides is 3. The van der Waals surface area contributed by atoms with E-state index in [1.807, 2.05) is 0 Å². The molecule has 0 aliphatic rings. The van der Waals surface area contributed by atoms with Crippen molar-refractivity contribution in [3.05, 3.63) is 42.4 Å². The average molecular weight is 472 g/mol.